The van der Waals surface area contributed by atoms with E-state index in [1.807, 2.05) is 29.2 Å². The Bertz CT molecular complexity index is 680. The van der Waals surface area contributed by atoms with Gasteiger partial charge in [-0.15, -0.1) is 0 Å². The molecule has 0 aliphatic carbocycles. The van der Waals surface area contributed by atoms with Crippen LogP contribution in [0.25, 0.3) is 11.3 Å². The van der Waals surface area contributed by atoms with Crippen LogP contribution in [0.2, 0.25) is 0 Å². The van der Waals surface area contributed by atoms with Gasteiger partial charge in [-0.1, -0.05) is 0 Å². The number of amides is 1. The van der Waals surface area contributed by atoms with E-state index >= 15 is 0 Å². The van der Waals surface area contributed by atoms with Crippen LogP contribution in [0.4, 0.5) is 0 Å². The van der Waals surface area contributed by atoms with Gasteiger partial charge in [-0.25, -0.2) is 0 Å². The van der Waals surface area contributed by atoms with E-state index in [1.54, 1.807) is 13.3 Å². The lowest BCUT2D eigenvalue weighted by Crippen LogP contribution is -2.34. The summed E-state index contributed by atoms with van der Waals surface area (Å²) < 4.78 is 5.17. The van der Waals surface area contributed by atoms with Gasteiger partial charge in [0.05, 0.1) is 24.6 Å². The number of ether oxygens (including phenoxy) is 1. The standard InChI is InChI=1S/C17H22N4O2/c1-11-7-12(8-18)10-21(11)17(22)15-9-19-20-16(15)13-3-5-14(23-2)6-4-13/h3-6,9,11-12H,7-8,10,18H2,1-2H3,(H,19,20). The second-order valence-electron chi connectivity index (χ2n) is 6.03. The van der Waals surface area contributed by atoms with Gasteiger partial charge in [-0.05, 0) is 50.1 Å². The number of methoxy groups -OCH3 is 1. The first-order valence-corrected chi connectivity index (χ1v) is 7.82. The largest absolute Gasteiger partial charge is 0.497 e. The molecule has 0 spiro atoms. The van der Waals surface area contributed by atoms with Crippen molar-refractivity contribution >= 4 is 5.91 Å². The van der Waals surface area contributed by atoms with Gasteiger partial charge in [0.2, 0.25) is 0 Å². The Kier molecular flexibility index (Phi) is 4.34. The first kappa shape index (κ1) is 15.6. The molecule has 1 saturated heterocycles. The number of aromatic nitrogens is 2. The van der Waals surface area contributed by atoms with E-state index in [9.17, 15) is 4.79 Å². The van der Waals surface area contributed by atoms with Crippen molar-refractivity contribution in [2.24, 2.45) is 11.7 Å². The summed E-state index contributed by atoms with van der Waals surface area (Å²) in [6.45, 7) is 3.40. The third kappa shape index (κ3) is 2.94. The molecule has 3 N–H and O–H groups in total. The Labute approximate surface area is 135 Å². The van der Waals surface area contributed by atoms with Gasteiger partial charge in [0, 0.05) is 18.2 Å². The van der Waals surface area contributed by atoms with Crippen molar-refractivity contribution in [1.82, 2.24) is 15.1 Å². The molecule has 1 aromatic heterocycles. The molecule has 3 rings (SSSR count). The lowest BCUT2D eigenvalue weighted by Gasteiger charge is -2.21. The summed E-state index contributed by atoms with van der Waals surface area (Å²) in [5.74, 6) is 1.17. The molecule has 0 bridgehead atoms. The number of H-pyrrole nitrogens is 1. The Morgan fingerprint density at radius 3 is 2.78 bits per heavy atom. The molecule has 2 heterocycles. The molecule has 2 atom stereocenters. The van der Waals surface area contributed by atoms with Crippen LogP contribution >= 0.6 is 0 Å². The average Bonchev–Trinajstić information content (AvgIpc) is 3.21. The van der Waals surface area contributed by atoms with E-state index in [2.05, 4.69) is 17.1 Å². The van der Waals surface area contributed by atoms with Crippen LogP contribution in [-0.2, 0) is 0 Å². The Balaban J connectivity index is 1.86. The molecule has 1 amide bonds. The van der Waals surface area contributed by atoms with Crippen LogP contribution in [0.1, 0.15) is 23.7 Å². The molecule has 122 valence electrons. The van der Waals surface area contributed by atoms with Gasteiger partial charge in [0.15, 0.2) is 0 Å². The van der Waals surface area contributed by atoms with Gasteiger partial charge in [0.1, 0.15) is 5.75 Å². The van der Waals surface area contributed by atoms with Crippen molar-refractivity contribution in [3.05, 3.63) is 36.0 Å². The van der Waals surface area contributed by atoms with Gasteiger partial charge in [-0.3, -0.25) is 9.89 Å². The maximum atomic E-state index is 12.9. The molecule has 6 nitrogen and oxygen atoms in total. The zero-order valence-corrected chi connectivity index (χ0v) is 13.5. The number of carbonyl (C=O) groups excluding carboxylic acids is 1. The summed E-state index contributed by atoms with van der Waals surface area (Å²) in [7, 11) is 1.63. The third-order valence-electron chi connectivity index (χ3n) is 4.50. The number of nitrogens with two attached hydrogens (primary N) is 1. The highest BCUT2D eigenvalue weighted by Gasteiger charge is 2.33. The summed E-state index contributed by atoms with van der Waals surface area (Å²) in [6, 6.07) is 7.77. The predicted octanol–water partition coefficient (Wildman–Crippen LogP) is 1.89. The van der Waals surface area contributed by atoms with Crippen LogP contribution in [-0.4, -0.2) is 47.2 Å². The van der Waals surface area contributed by atoms with E-state index in [-0.39, 0.29) is 11.9 Å². The molecular formula is C17H22N4O2. The van der Waals surface area contributed by atoms with Crippen LogP contribution in [0.15, 0.2) is 30.5 Å². The van der Waals surface area contributed by atoms with E-state index in [0.717, 1.165) is 23.4 Å². The number of aromatic amines is 1. The monoisotopic (exact) mass is 314 g/mol. The SMILES string of the molecule is COc1ccc(-c2[nH]ncc2C(=O)N2CC(CN)CC2C)cc1. The Morgan fingerprint density at radius 1 is 1.43 bits per heavy atom. The molecule has 0 radical (unpaired) electrons. The van der Waals surface area contributed by atoms with Crippen LogP contribution in [0, 0.1) is 5.92 Å². The molecule has 6 heteroatoms. The summed E-state index contributed by atoms with van der Waals surface area (Å²) in [5, 5.41) is 7.01. The number of rotatable bonds is 4. The van der Waals surface area contributed by atoms with Crippen molar-refractivity contribution in [3.63, 3.8) is 0 Å². The van der Waals surface area contributed by atoms with E-state index in [1.165, 1.54) is 0 Å². The van der Waals surface area contributed by atoms with Gasteiger partial charge in [-0.2, -0.15) is 5.10 Å². The van der Waals surface area contributed by atoms with Crippen molar-refractivity contribution in [2.45, 2.75) is 19.4 Å². The third-order valence-corrected chi connectivity index (χ3v) is 4.50. The number of hydrogen-bond acceptors (Lipinski definition) is 4. The molecule has 0 saturated carbocycles. The Hall–Kier alpha value is -2.34. The zero-order chi connectivity index (χ0) is 16.4. The summed E-state index contributed by atoms with van der Waals surface area (Å²) in [5.41, 5.74) is 8.00. The zero-order valence-electron chi connectivity index (χ0n) is 13.5. The fourth-order valence-electron chi connectivity index (χ4n) is 3.18. The highest BCUT2D eigenvalue weighted by Crippen LogP contribution is 2.28. The van der Waals surface area contributed by atoms with Crippen molar-refractivity contribution in [2.75, 3.05) is 20.2 Å². The normalized spacial score (nSPS) is 20.7. The summed E-state index contributed by atoms with van der Waals surface area (Å²) >= 11 is 0. The van der Waals surface area contributed by atoms with Gasteiger partial charge in [0.25, 0.3) is 5.91 Å². The molecular weight excluding hydrogens is 292 g/mol. The molecule has 23 heavy (non-hydrogen) atoms. The molecule has 1 aliphatic heterocycles. The van der Waals surface area contributed by atoms with E-state index in [4.69, 9.17) is 10.5 Å². The maximum absolute atomic E-state index is 12.9. The molecule has 1 aromatic carbocycles. The number of carbonyl (C=O) groups is 1. The number of hydrogen-bond donors (Lipinski definition) is 2. The van der Waals surface area contributed by atoms with E-state index < -0.39 is 0 Å². The fraction of sp³-hybridized carbons (Fsp3) is 0.412. The first-order valence-electron chi connectivity index (χ1n) is 7.82. The molecule has 1 aliphatic rings. The highest BCUT2D eigenvalue weighted by molar-refractivity contribution is 6.00. The predicted molar refractivity (Wildman–Crippen MR) is 88.2 cm³/mol. The number of nitrogens with zero attached hydrogens (tertiary/aromatic N) is 2. The van der Waals surface area contributed by atoms with Crippen molar-refractivity contribution < 1.29 is 9.53 Å². The smallest absolute Gasteiger partial charge is 0.257 e. The van der Waals surface area contributed by atoms with Crippen LogP contribution in [0.5, 0.6) is 5.75 Å². The lowest BCUT2D eigenvalue weighted by molar-refractivity contribution is 0.0744. The topological polar surface area (TPSA) is 84.2 Å². The second-order valence-corrected chi connectivity index (χ2v) is 6.03. The van der Waals surface area contributed by atoms with Crippen LogP contribution < -0.4 is 10.5 Å². The first-order chi connectivity index (χ1) is 11.1. The highest BCUT2D eigenvalue weighted by atomic mass is 16.5. The van der Waals surface area contributed by atoms with Crippen LogP contribution in [0.3, 0.4) is 0 Å². The second kappa shape index (κ2) is 6.42. The quantitative estimate of drug-likeness (QED) is 0.902. The minimum Gasteiger partial charge on any atom is -0.497 e. The number of nitrogens with one attached hydrogen (secondary N) is 1. The van der Waals surface area contributed by atoms with E-state index in [0.29, 0.717) is 24.6 Å². The maximum Gasteiger partial charge on any atom is 0.257 e. The Morgan fingerprint density at radius 2 is 2.17 bits per heavy atom. The van der Waals surface area contributed by atoms with Gasteiger partial charge < -0.3 is 15.4 Å². The summed E-state index contributed by atoms with van der Waals surface area (Å²) in [4.78, 5) is 14.8. The van der Waals surface area contributed by atoms with Crippen molar-refractivity contribution in [1.29, 1.82) is 0 Å². The molecule has 1 fully saturated rings. The average molecular weight is 314 g/mol. The van der Waals surface area contributed by atoms with Gasteiger partial charge >= 0.3 is 0 Å². The fourth-order valence-corrected chi connectivity index (χ4v) is 3.18. The minimum absolute atomic E-state index is 0.00742. The van der Waals surface area contributed by atoms with Crippen molar-refractivity contribution in [3.8, 4) is 17.0 Å². The molecule has 2 aromatic rings. The molecule has 2 unspecified atom stereocenters. The summed E-state index contributed by atoms with van der Waals surface area (Å²) in [6.07, 6.45) is 2.56. The lowest BCUT2D eigenvalue weighted by atomic mass is 10.1. The minimum atomic E-state index is 0.00742. The number of benzene rings is 1. The number of likely N-dealkylation sites (tertiary alicyclic amines) is 1.